The van der Waals surface area contributed by atoms with Crippen LogP contribution in [0, 0.1) is 0 Å². The predicted molar refractivity (Wildman–Crippen MR) is 136 cm³/mol. The molecule has 2 amide bonds. The summed E-state index contributed by atoms with van der Waals surface area (Å²) in [6, 6.07) is 12.5. The number of nitrogens with one attached hydrogen (secondary N) is 1. The summed E-state index contributed by atoms with van der Waals surface area (Å²) < 4.78 is 26.1. The largest absolute Gasteiger partial charge is 0.352 e. The van der Waals surface area contributed by atoms with E-state index in [9.17, 15) is 18.0 Å². The van der Waals surface area contributed by atoms with E-state index in [0.29, 0.717) is 21.3 Å². The Morgan fingerprint density at radius 2 is 1.74 bits per heavy atom. The second-order valence-electron chi connectivity index (χ2n) is 8.53. The van der Waals surface area contributed by atoms with Crippen molar-refractivity contribution in [2.75, 3.05) is 17.1 Å². The molecule has 0 saturated heterocycles. The summed E-state index contributed by atoms with van der Waals surface area (Å²) in [7, 11) is -3.76. The summed E-state index contributed by atoms with van der Waals surface area (Å²) >= 11 is 12.4. The highest BCUT2D eigenvalue weighted by atomic mass is 35.5. The lowest BCUT2D eigenvalue weighted by atomic mass is 10.1. The first kappa shape index (κ1) is 26.3. The van der Waals surface area contributed by atoms with Gasteiger partial charge in [0.05, 0.1) is 11.9 Å². The molecular weight excluding hydrogens is 497 g/mol. The highest BCUT2D eigenvalue weighted by Crippen LogP contribution is 2.25. The van der Waals surface area contributed by atoms with Crippen LogP contribution in [0.1, 0.15) is 38.2 Å². The number of hydrogen-bond acceptors (Lipinski definition) is 4. The number of benzene rings is 2. The first-order valence-electron chi connectivity index (χ1n) is 11.1. The Balaban J connectivity index is 1.89. The minimum absolute atomic E-state index is 0.0283. The molecule has 1 fully saturated rings. The zero-order chi connectivity index (χ0) is 24.9. The van der Waals surface area contributed by atoms with E-state index in [2.05, 4.69) is 5.32 Å². The number of amides is 2. The number of halogens is 2. The Hall–Kier alpha value is -2.29. The summed E-state index contributed by atoms with van der Waals surface area (Å²) in [5, 5.41) is 3.83. The van der Waals surface area contributed by atoms with Crippen LogP contribution in [0.25, 0.3) is 0 Å². The van der Waals surface area contributed by atoms with Gasteiger partial charge in [-0.15, -0.1) is 0 Å². The van der Waals surface area contributed by atoms with Crippen LogP contribution in [-0.4, -0.2) is 50.0 Å². The third kappa shape index (κ3) is 6.87. The summed E-state index contributed by atoms with van der Waals surface area (Å²) in [4.78, 5) is 27.9. The van der Waals surface area contributed by atoms with E-state index in [1.807, 2.05) is 0 Å². The first-order chi connectivity index (χ1) is 16.1. The number of sulfonamides is 1. The van der Waals surface area contributed by atoms with Gasteiger partial charge < -0.3 is 10.2 Å². The Morgan fingerprint density at radius 3 is 2.32 bits per heavy atom. The van der Waals surface area contributed by atoms with Crippen molar-refractivity contribution in [2.45, 2.75) is 51.2 Å². The van der Waals surface area contributed by atoms with Crippen LogP contribution in [0.5, 0.6) is 0 Å². The number of nitrogens with zero attached hydrogens (tertiary/aromatic N) is 2. The molecule has 7 nitrogen and oxygen atoms in total. The molecule has 0 aliphatic heterocycles. The molecule has 184 valence electrons. The molecule has 0 spiro atoms. The molecule has 1 aliphatic carbocycles. The molecule has 34 heavy (non-hydrogen) atoms. The van der Waals surface area contributed by atoms with Crippen molar-refractivity contribution >= 4 is 50.7 Å². The smallest absolute Gasteiger partial charge is 0.244 e. The highest BCUT2D eigenvalue weighted by molar-refractivity contribution is 7.92. The van der Waals surface area contributed by atoms with Crippen LogP contribution in [0.2, 0.25) is 10.0 Å². The molecule has 1 atom stereocenters. The fourth-order valence-corrected chi connectivity index (χ4v) is 5.33. The number of para-hydroxylation sites is 1. The maximum absolute atomic E-state index is 13.5. The lowest BCUT2D eigenvalue weighted by Gasteiger charge is -2.32. The highest BCUT2D eigenvalue weighted by Gasteiger charge is 2.31. The van der Waals surface area contributed by atoms with E-state index >= 15 is 0 Å². The van der Waals surface area contributed by atoms with E-state index in [4.69, 9.17) is 23.2 Å². The topological polar surface area (TPSA) is 86.8 Å². The van der Waals surface area contributed by atoms with Crippen molar-refractivity contribution in [1.29, 1.82) is 0 Å². The molecule has 0 aromatic heterocycles. The molecule has 2 aromatic rings. The van der Waals surface area contributed by atoms with Gasteiger partial charge in [-0.3, -0.25) is 13.9 Å². The monoisotopic (exact) mass is 525 g/mol. The van der Waals surface area contributed by atoms with Gasteiger partial charge >= 0.3 is 0 Å². The van der Waals surface area contributed by atoms with Crippen molar-refractivity contribution in [3.8, 4) is 0 Å². The van der Waals surface area contributed by atoms with Crippen LogP contribution in [0.15, 0.2) is 48.5 Å². The molecule has 1 N–H and O–H groups in total. The quantitative estimate of drug-likeness (QED) is 0.530. The van der Waals surface area contributed by atoms with Crippen LogP contribution in [0.3, 0.4) is 0 Å². The number of carbonyl (C=O) groups is 2. The third-order valence-corrected chi connectivity index (χ3v) is 7.68. The van der Waals surface area contributed by atoms with E-state index in [1.165, 1.54) is 4.90 Å². The Bertz CT molecular complexity index is 1120. The number of carbonyl (C=O) groups excluding carboxylic acids is 2. The van der Waals surface area contributed by atoms with Gasteiger partial charge in [0.15, 0.2) is 0 Å². The van der Waals surface area contributed by atoms with Gasteiger partial charge in [0.25, 0.3) is 0 Å². The van der Waals surface area contributed by atoms with Crippen LogP contribution in [0.4, 0.5) is 5.69 Å². The summed E-state index contributed by atoms with van der Waals surface area (Å²) in [5.41, 5.74) is 0.969. The van der Waals surface area contributed by atoms with E-state index in [-0.39, 0.29) is 18.5 Å². The van der Waals surface area contributed by atoms with Crippen molar-refractivity contribution < 1.29 is 18.0 Å². The summed E-state index contributed by atoms with van der Waals surface area (Å²) in [6.45, 7) is 1.22. The zero-order valence-electron chi connectivity index (χ0n) is 19.2. The fourth-order valence-electron chi connectivity index (χ4n) is 4.02. The number of anilines is 1. The Morgan fingerprint density at radius 1 is 1.09 bits per heavy atom. The molecule has 0 heterocycles. The second-order valence-corrected chi connectivity index (χ2v) is 11.3. The van der Waals surface area contributed by atoms with Gasteiger partial charge in [-0.1, -0.05) is 60.3 Å². The van der Waals surface area contributed by atoms with Crippen LogP contribution < -0.4 is 9.62 Å². The fraction of sp³-hybridized carbons (Fsp3) is 0.417. The van der Waals surface area contributed by atoms with E-state index in [0.717, 1.165) is 36.2 Å². The molecule has 0 bridgehead atoms. The predicted octanol–water partition coefficient (Wildman–Crippen LogP) is 4.24. The lowest BCUT2D eigenvalue weighted by Crippen LogP contribution is -2.52. The van der Waals surface area contributed by atoms with Gasteiger partial charge in [0.1, 0.15) is 12.6 Å². The summed E-state index contributed by atoms with van der Waals surface area (Å²) in [5.74, 6) is -0.801. The average molecular weight is 526 g/mol. The van der Waals surface area contributed by atoms with E-state index < -0.39 is 28.5 Å². The normalized spacial score (nSPS) is 15.1. The van der Waals surface area contributed by atoms with Gasteiger partial charge in [0, 0.05) is 22.6 Å². The number of rotatable bonds is 9. The van der Waals surface area contributed by atoms with Gasteiger partial charge in [0.2, 0.25) is 21.8 Å². The SMILES string of the molecule is C[C@@H](C(=O)NC1CCCC1)N(Cc1ccc(Cl)cc1Cl)C(=O)CN(c1ccccc1)S(C)(=O)=O. The van der Waals surface area contributed by atoms with Gasteiger partial charge in [-0.2, -0.15) is 0 Å². The minimum atomic E-state index is -3.76. The molecule has 10 heteroatoms. The van der Waals surface area contributed by atoms with Crippen molar-refractivity contribution in [3.63, 3.8) is 0 Å². The van der Waals surface area contributed by atoms with Crippen molar-refractivity contribution in [2.24, 2.45) is 0 Å². The molecule has 1 saturated carbocycles. The van der Waals surface area contributed by atoms with Gasteiger partial charge in [-0.05, 0) is 49.6 Å². The van der Waals surface area contributed by atoms with Crippen LogP contribution in [-0.2, 0) is 26.2 Å². The molecular formula is C24H29Cl2N3O4S. The second kappa shape index (κ2) is 11.4. The van der Waals surface area contributed by atoms with Gasteiger partial charge in [-0.25, -0.2) is 8.42 Å². The summed E-state index contributed by atoms with van der Waals surface area (Å²) in [6.07, 6.45) is 4.98. The van der Waals surface area contributed by atoms with Crippen LogP contribution >= 0.6 is 23.2 Å². The average Bonchev–Trinajstić information content (AvgIpc) is 3.29. The Labute approximate surface area is 211 Å². The molecule has 1 aliphatic rings. The molecule has 2 aromatic carbocycles. The lowest BCUT2D eigenvalue weighted by molar-refractivity contribution is -0.139. The molecule has 0 radical (unpaired) electrons. The van der Waals surface area contributed by atoms with E-state index in [1.54, 1.807) is 55.5 Å². The first-order valence-corrected chi connectivity index (χ1v) is 13.7. The number of hydrogen-bond donors (Lipinski definition) is 1. The Kier molecular flexibility index (Phi) is 8.84. The van der Waals surface area contributed by atoms with Crippen molar-refractivity contribution in [3.05, 3.63) is 64.1 Å². The molecule has 0 unspecified atom stereocenters. The maximum Gasteiger partial charge on any atom is 0.244 e. The zero-order valence-corrected chi connectivity index (χ0v) is 21.5. The molecule has 3 rings (SSSR count). The minimum Gasteiger partial charge on any atom is -0.352 e. The maximum atomic E-state index is 13.5. The third-order valence-electron chi connectivity index (χ3n) is 5.95. The van der Waals surface area contributed by atoms with Crippen molar-refractivity contribution in [1.82, 2.24) is 10.2 Å². The standard InChI is InChI=1S/C24H29Cl2N3O4S/c1-17(24(31)27-20-8-6-7-9-20)28(15-18-12-13-19(25)14-22(18)26)23(30)16-29(34(2,32)33)21-10-4-3-5-11-21/h3-5,10-14,17,20H,6-9,15-16H2,1-2H3,(H,27,31)/t17-/m0/s1.